The molecule has 0 unspecified atom stereocenters. The number of pyridine rings is 1. The molecule has 0 radical (unpaired) electrons. The third-order valence-corrected chi connectivity index (χ3v) is 8.22. The fourth-order valence-electron chi connectivity index (χ4n) is 5.25. The van der Waals surface area contributed by atoms with E-state index in [1.54, 1.807) is 33.9 Å². The number of carbonyl (C=O) groups excluding carboxylic acids is 1. The van der Waals surface area contributed by atoms with E-state index in [1.807, 2.05) is 24.4 Å². The number of likely N-dealkylation sites (tertiary alicyclic amines) is 1. The lowest BCUT2D eigenvalue weighted by molar-refractivity contribution is -0.142. The molecule has 0 saturated carbocycles. The number of rotatable bonds is 10. The van der Waals surface area contributed by atoms with Crippen molar-refractivity contribution in [1.29, 1.82) is 0 Å². The lowest BCUT2D eigenvalue weighted by Gasteiger charge is -2.32. The van der Waals surface area contributed by atoms with Gasteiger partial charge in [0.2, 0.25) is 0 Å². The molecule has 1 aliphatic rings. The van der Waals surface area contributed by atoms with Crippen LogP contribution in [0.25, 0.3) is 21.6 Å². The molecule has 1 aliphatic heterocycles. The van der Waals surface area contributed by atoms with Gasteiger partial charge in [-0.2, -0.15) is 0 Å². The van der Waals surface area contributed by atoms with Gasteiger partial charge in [0.15, 0.2) is 0 Å². The lowest BCUT2D eigenvalue weighted by Crippen LogP contribution is -2.48. The molecule has 1 aromatic carbocycles. The average Bonchev–Trinajstić information content (AvgIpc) is 3.54. The van der Waals surface area contributed by atoms with Crippen LogP contribution in [0, 0.1) is 6.92 Å². The molecule has 4 rings (SSSR count). The van der Waals surface area contributed by atoms with Crippen LogP contribution in [0.15, 0.2) is 23.6 Å². The summed E-state index contributed by atoms with van der Waals surface area (Å²) in [6.45, 7) is 11.1. The van der Waals surface area contributed by atoms with Gasteiger partial charge in [-0.15, -0.1) is 11.3 Å². The Labute approximate surface area is 254 Å². The third-order valence-electron chi connectivity index (χ3n) is 7.34. The largest absolute Gasteiger partial charge is 0.496 e. The Balaban J connectivity index is 1.81. The highest BCUT2D eigenvalue weighted by Gasteiger charge is 2.49. The molecule has 3 aromatic rings. The number of aryl methyl sites for hydroxylation is 1. The lowest BCUT2D eigenvalue weighted by atomic mass is 10.0. The number of thiazole rings is 1. The molecule has 1 amide bonds. The molecule has 3 atom stereocenters. The Morgan fingerprint density at radius 2 is 1.86 bits per heavy atom. The number of fused-ring (bicyclic) bond motifs is 1. The highest BCUT2D eigenvalue weighted by atomic mass is 32.1. The van der Waals surface area contributed by atoms with E-state index in [0.29, 0.717) is 33.1 Å². The van der Waals surface area contributed by atoms with Gasteiger partial charge in [0.1, 0.15) is 39.9 Å². The van der Waals surface area contributed by atoms with Crippen molar-refractivity contribution in [3.05, 3.63) is 34.8 Å². The van der Waals surface area contributed by atoms with Crippen molar-refractivity contribution >= 4 is 40.3 Å². The number of methoxy groups -OCH3 is 1. The van der Waals surface area contributed by atoms with Gasteiger partial charge >= 0.3 is 18.0 Å². The smallest absolute Gasteiger partial charge is 0.411 e. The fourth-order valence-corrected chi connectivity index (χ4v) is 6.19. The molecule has 1 fully saturated rings. The van der Waals surface area contributed by atoms with Gasteiger partial charge in [-0.25, -0.2) is 19.6 Å². The summed E-state index contributed by atoms with van der Waals surface area (Å²) in [5.41, 5.74) is 2.12. The second-order valence-electron chi connectivity index (χ2n) is 12.0. The van der Waals surface area contributed by atoms with Crippen molar-refractivity contribution in [3.63, 3.8) is 0 Å². The minimum atomic E-state index is -1.21. The first-order valence-electron chi connectivity index (χ1n) is 14.3. The summed E-state index contributed by atoms with van der Waals surface area (Å²) in [7, 11) is 1.59. The quantitative estimate of drug-likeness (QED) is 0.268. The Hall–Kier alpha value is -3.93. The van der Waals surface area contributed by atoms with Crippen LogP contribution in [0.3, 0.4) is 0 Å². The van der Waals surface area contributed by atoms with E-state index in [9.17, 15) is 24.6 Å². The SMILES string of the molecule is COc1ccc2c(O[C@@H]3C[C@@H](C(=O)O)N(C(=O)OC(C)(C)C)[C@@H]3CCCC(=O)O)cc(-c3nc(C(C)C)cs3)nc2c1C. The van der Waals surface area contributed by atoms with Crippen LogP contribution in [0.5, 0.6) is 11.5 Å². The number of hydrogen-bond acceptors (Lipinski definition) is 9. The number of nitrogens with zero attached hydrogens (tertiary/aromatic N) is 3. The van der Waals surface area contributed by atoms with Gasteiger partial charge in [-0.3, -0.25) is 9.69 Å². The van der Waals surface area contributed by atoms with E-state index < -0.39 is 41.8 Å². The van der Waals surface area contributed by atoms with Crippen LogP contribution in [-0.2, 0) is 14.3 Å². The van der Waals surface area contributed by atoms with E-state index in [-0.39, 0.29) is 31.6 Å². The standard InChI is InChI=1S/C31H39N3O8S/c1-16(2)20-15-43-28(33-20)19-13-24(18-11-12-23(40-7)17(3)27(18)32-19)41-25-14-22(29(37)38)34(30(39)42-31(4,5)6)21(25)9-8-10-26(35)36/h11-13,15-16,21-22,25H,8-10,14H2,1-7H3,(H,35,36)(H,37,38)/t21-,22+,25-/m1/s1. The van der Waals surface area contributed by atoms with Gasteiger partial charge in [0.25, 0.3) is 0 Å². The van der Waals surface area contributed by atoms with Crippen LogP contribution < -0.4 is 9.47 Å². The maximum absolute atomic E-state index is 13.3. The average molecular weight is 614 g/mol. The van der Waals surface area contributed by atoms with Gasteiger partial charge in [-0.1, -0.05) is 13.8 Å². The Morgan fingerprint density at radius 1 is 1.14 bits per heavy atom. The second-order valence-corrected chi connectivity index (χ2v) is 12.9. The molecular weight excluding hydrogens is 574 g/mol. The molecule has 0 bridgehead atoms. The molecule has 0 aliphatic carbocycles. The fraction of sp³-hybridized carbons (Fsp3) is 0.516. The van der Waals surface area contributed by atoms with Gasteiger partial charge in [-0.05, 0) is 58.6 Å². The van der Waals surface area contributed by atoms with Crippen molar-refractivity contribution in [1.82, 2.24) is 14.9 Å². The van der Waals surface area contributed by atoms with E-state index in [1.165, 1.54) is 16.2 Å². The maximum Gasteiger partial charge on any atom is 0.411 e. The van der Waals surface area contributed by atoms with Crippen LogP contribution in [0.1, 0.15) is 77.5 Å². The van der Waals surface area contributed by atoms with E-state index >= 15 is 0 Å². The topological polar surface area (TPSA) is 148 Å². The molecular formula is C31H39N3O8S. The summed E-state index contributed by atoms with van der Waals surface area (Å²) in [6.07, 6.45) is -1.24. The molecule has 11 nitrogen and oxygen atoms in total. The highest BCUT2D eigenvalue weighted by molar-refractivity contribution is 7.13. The van der Waals surface area contributed by atoms with Crippen LogP contribution >= 0.6 is 11.3 Å². The summed E-state index contributed by atoms with van der Waals surface area (Å²) < 4.78 is 17.8. The predicted molar refractivity (Wildman–Crippen MR) is 162 cm³/mol. The Bertz CT molecular complexity index is 1510. The number of ether oxygens (including phenoxy) is 3. The minimum Gasteiger partial charge on any atom is -0.496 e. The van der Waals surface area contributed by atoms with Gasteiger partial charge in [0, 0.05) is 35.2 Å². The van der Waals surface area contributed by atoms with Crippen LogP contribution in [0.4, 0.5) is 4.79 Å². The van der Waals surface area contributed by atoms with Crippen molar-refractivity contribution in [2.75, 3.05) is 7.11 Å². The Morgan fingerprint density at radius 3 is 2.44 bits per heavy atom. The zero-order chi connectivity index (χ0) is 31.6. The van der Waals surface area contributed by atoms with Crippen LogP contribution in [0.2, 0.25) is 0 Å². The normalized spacial score (nSPS) is 18.7. The monoisotopic (exact) mass is 613 g/mol. The third kappa shape index (κ3) is 7.18. The Kier molecular flexibility index (Phi) is 9.48. The van der Waals surface area contributed by atoms with Crippen molar-refractivity contribution < 1.29 is 38.8 Å². The molecule has 3 heterocycles. The number of benzene rings is 1. The molecule has 12 heteroatoms. The van der Waals surface area contributed by atoms with Gasteiger partial charge in [0.05, 0.1) is 24.4 Å². The summed E-state index contributed by atoms with van der Waals surface area (Å²) in [6, 6.07) is 3.49. The molecule has 232 valence electrons. The van der Waals surface area contributed by atoms with E-state index in [2.05, 4.69) is 13.8 Å². The first-order valence-corrected chi connectivity index (χ1v) is 15.1. The zero-order valence-electron chi connectivity index (χ0n) is 25.5. The first-order chi connectivity index (χ1) is 20.2. The second kappa shape index (κ2) is 12.7. The number of aromatic nitrogens is 2. The van der Waals surface area contributed by atoms with Gasteiger partial charge < -0.3 is 24.4 Å². The van der Waals surface area contributed by atoms with E-state index in [0.717, 1.165) is 11.3 Å². The zero-order valence-corrected chi connectivity index (χ0v) is 26.4. The highest BCUT2D eigenvalue weighted by Crippen LogP contribution is 2.39. The van der Waals surface area contributed by atoms with Crippen molar-refractivity contribution in [3.8, 4) is 22.2 Å². The first kappa shape index (κ1) is 32.0. The number of hydrogen-bond donors (Lipinski definition) is 2. The maximum atomic E-state index is 13.3. The molecule has 2 aromatic heterocycles. The number of carbonyl (C=O) groups is 3. The summed E-state index contributed by atoms with van der Waals surface area (Å²) in [4.78, 5) is 48.0. The number of amides is 1. The number of carboxylic acid groups (broad SMARTS) is 2. The molecule has 0 spiro atoms. The molecule has 2 N–H and O–H groups in total. The number of aliphatic carboxylic acids is 2. The predicted octanol–water partition coefficient (Wildman–Crippen LogP) is 6.26. The van der Waals surface area contributed by atoms with Crippen molar-refractivity contribution in [2.24, 2.45) is 0 Å². The molecule has 1 saturated heterocycles. The van der Waals surface area contributed by atoms with E-state index in [4.69, 9.17) is 24.2 Å². The number of carboxylic acids is 2. The minimum absolute atomic E-state index is 0.00461. The van der Waals surface area contributed by atoms with Crippen molar-refractivity contribution in [2.45, 2.75) is 96.9 Å². The van der Waals surface area contributed by atoms with Crippen LogP contribution in [-0.4, -0.2) is 74.0 Å². The summed E-state index contributed by atoms with van der Waals surface area (Å²) in [5.74, 6) is -0.826. The summed E-state index contributed by atoms with van der Waals surface area (Å²) in [5, 5.41) is 22.8. The summed E-state index contributed by atoms with van der Waals surface area (Å²) >= 11 is 1.47. The molecule has 43 heavy (non-hydrogen) atoms.